The lowest BCUT2D eigenvalue weighted by atomic mass is 9.97. The van der Waals surface area contributed by atoms with E-state index in [2.05, 4.69) is 0 Å². The second-order valence-electron chi connectivity index (χ2n) is 4.66. The maximum atomic E-state index is 11.6. The minimum absolute atomic E-state index is 0.0784. The van der Waals surface area contributed by atoms with Crippen molar-refractivity contribution in [2.75, 3.05) is 7.11 Å². The fourth-order valence-electron chi connectivity index (χ4n) is 2.30. The number of hydrogen-bond acceptors (Lipinski definition) is 3. The van der Waals surface area contributed by atoms with E-state index in [4.69, 9.17) is 10.5 Å². The van der Waals surface area contributed by atoms with Gasteiger partial charge in [-0.05, 0) is 24.8 Å². The molecule has 3 nitrogen and oxygen atoms in total. The van der Waals surface area contributed by atoms with E-state index < -0.39 is 0 Å². The van der Waals surface area contributed by atoms with Gasteiger partial charge >= 0.3 is 5.97 Å². The molecular formula is C13H17NO2. The Morgan fingerprint density at radius 1 is 1.50 bits per heavy atom. The quantitative estimate of drug-likeness (QED) is 0.790. The molecule has 2 N–H and O–H groups in total. The number of hydrogen-bond donors (Lipinski definition) is 1. The van der Waals surface area contributed by atoms with Crippen LogP contribution in [0.2, 0.25) is 0 Å². The van der Waals surface area contributed by atoms with E-state index in [0.717, 1.165) is 12.0 Å². The zero-order chi connectivity index (χ0) is 11.8. The molecule has 0 bridgehead atoms. The number of benzene rings is 1. The molecule has 2 rings (SSSR count). The summed E-state index contributed by atoms with van der Waals surface area (Å²) in [5.41, 5.74) is 6.86. The van der Waals surface area contributed by atoms with Gasteiger partial charge in [0, 0.05) is 6.04 Å². The third-order valence-electron chi connectivity index (χ3n) is 3.57. The summed E-state index contributed by atoms with van der Waals surface area (Å²) >= 11 is 0. The third-order valence-corrected chi connectivity index (χ3v) is 3.57. The average molecular weight is 219 g/mol. The summed E-state index contributed by atoms with van der Waals surface area (Å²) in [5.74, 6) is 0.0474. The topological polar surface area (TPSA) is 52.3 Å². The summed E-state index contributed by atoms with van der Waals surface area (Å²) in [4.78, 5) is 11.6. The molecule has 0 saturated heterocycles. The molecule has 3 heteroatoms. The second kappa shape index (κ2) is 3.91. The van der Waals surface area contributed by atoms with E-state index >= 15 is 0 Å². The van der Waals surface area contributed by atoms with Gasteiger partial charge in [0.1, 0.15) is 0 Å². The Kier molecular flexibility index (Phi) is 2.72. The molecule has 0 spiro atoms. The Balaban J connectivity index is 2.10. The van der Waals surface area contributed by atoms with Crippen LogP contribution in [0.4, 0.5) is 0 Å². The van der Waals surface area contributed by atoms with Crippen LogP contribution in [0.25, 0.3) is 0 Å². The zero-order valence-corrected chi connectivity index (χ0v) is 9.64. The monoisotopic (exact) mass is 219 g/mol. The summed E-state index contributed by atoms with van der Waals surface area (Å²) in [6.07, 6.45) is 0.815. The predicted molar refractivity (Wildman–Crippen MR) is 61.6 cm³/mol. The van der Waals surface area contributed by atoms with Crippen LogP contribution in [0.3, 0.4) is 0 Å². The van der Waals surface area contributed by atoms with Crippen molar-refractivity contribution < 1.29 is 9.53 Å². The highest BCUT2D eigenvalue weighted by Crippen LogP contribution is 2.58. The van der Waals surface area contributed by atoms with Crippen LogP contribution in [-0.2, 0) is 9.53 Å². The fourth-order valence-corrected chi connectivity index (χ4v) is 2.30. The molecule has 0 unspecified atom stereocenters. The number of nitrogens with two attached hydrogens (primary N) is 1. The number of esters is 1. The Morgan fingerprint density at radius 3 is 2.69 bits per heavy atom. The molecule has 16 heavy (non-hydrogen) atoms. The van der Waals surface area contributed by atoms with Crippen molar-refractivity contribution >= 4 is 5.97 Å². The van der Waals surface area contributed by atoms with Crippen molar-refractivity contribution in [3.8, 4) is 0 Å². The van der Waals surface area contributed by atoms with Crippen molar-refractivity contribution in [2.24, 2.45) is 17.1 Å². The van der Waals surface area contributed by atoms with Gasteiger partial charge in [-0.15, -0.1) is 0 Å². The minimum Gasteiger partial charge on any atom is -0.469 e. The highest BCUT2D eigenvalue weighted by Gasteiger charge is 2.59. The van der Waals surface area contributed by atoms with E-state index in [-0.39, 0.29) is 23.3 Å². The molecule has 1 aromatic rings. The van der Waals surface area contributed by atoms with E-state index in [1.165, 1.54) is 7.11 Å². The van der Waals surface area contributed by atoms with E-state index in [9.17, 15) is 4.79 Å². The van der Waals surface area contributed by atoms with Crippen molar-refractivity contribution in [2.45, 2.75) is 19.4 Å². The summed E-state index contributed by atoms with van der Waals surface area (Å²) in [5, 5.41) is 0. The van der Waals surface area contributed by atoms with Crippen molar-refractivity contribution in [1.82, 2.24) is 0 Å². The second-order valence-corrected chi connectivity index (χ2v) is 4.66. The van der Waals surface area contributed by atoms with Gasteiger partial charge in [-0.2, -0.15) is 0 Å². The third kappa shape index (κ3) is 1.71. The van der Waals surface area contributed by atoms with Gasteiger partial charge < -0.3 is 10.5 Å². The maximum absolute atomic E-state index is 11.6. The summed E-state index contributed by atoms with van der Waals surface area (Å²) < 4.78 is 4.80. The van der Waals surface area contributed by atoms with Crippen molar-refractivity contribution in [3.05, 3.63) is 35.9 Å². The minimum atomic E-state index is -0.385. The molecule has 1 aliphatic carbocycles. The molecule has 1 aliphatic rings. The molecule has 86 valence electrons. The first-order valence-electron chi connectivity index (χ1n) is 5.48. The van der Waals surface area contributed by atoms with Crippen LogP contribution in [0.5, 0.6) is 0 Å². The van der Waals surface area contributed by atoms with Crippen molar-refractivity contribution in [3.63, 3.8) is 0 Å². The predicted octanol–water partition coefficient (Wildman–Crippen LogP) is 1.89. The normalized spacial score (nSPS) is 29.6. The maximum Gasteiger partial charge on any atom is 0.311 e. The fraction of sp³-hybridized carbons (Fsp3) is 0.462. The lowest BCUT2D eigenvalue weighted by Crippen LogP contribution is -2.22. The van der Waals surface area contributed by atoms with Gasteiger partial charge in [-0.25, -0.2) is 0 Å². The van der Waals surface area contributed by atoms with Crippen LogP contribution in [0, 0.1) is 11.3 Å². The molecule has 0 heterocycles. The van der Waals surface area contributed by atoms with Gasteiger partial charge in [0.25, 0.3) is 0 Å². The number of carbonyl (C=O) groups excluding carboxylic acids is 1. The molecule has 1 fully saturated rings. The highest BCUT2D eigenvalue weighted by molar-refractivity contribution is 5.80. The Hall–Kier alpha value is -1.35. The summed E-state index contributed by atoms with van der Waals surface area (Å²) in [6, 6.07) is 9.81. The molecule has 0 aromatic heterocycles. The SMILES string of the molecule is COC(=O)[C@]1(C)C[C@H]1[C@H](N)c1ccccc1. The van der Waals surface area contributed by atoms with Crippen LogP contribution < -0.4 is 5.73 Å². The molecular weight excluding hydrogens is 202 g/mol. The van der Waals surface area contributed by atoms with E-state index in [1.807, 2.05) is 37.3 Å². The number of rotatable bonds is 3. The van der Waals surface area contributed by atoms with Crippen molar-refractivity contribution in [1.29, 1.82) is 0 Å². The van der Waals surface area contributed by atoms with Gasteiger partial charge in [-0.3, -0.25) is 4.79 Å². The molecule has 0 radical (unpaired) electrons. The summed E-state index contributed by atoms with van der Waals surface area (Å²) in [6.45, 7) is 1.92. The molecule has 1 saturated carbocycles. The van der Waals surface area contributed by atoms with Gasteiger partial charge in [0.05, 0.1) is 12.5 Å². The zero-order valence-electron chi connectivity index (χ0n) is 9.64. The Morgan fingerprint density at radius 2 is 2.12 bits per heavy atom. The first kappa shape index (κ1) is 11.1. The number of ether oxygens (including phenoxy) is 1. The smallest absolute Gasteiger partial charge is 0.311 e. The lowest BCUT2D eigenvalue weighted by molar-refractivity contribution is -0.147. The van der Waals surface area contributed by atoms with Crippen LogP contribution in [-0.4, -0.2) is 13.1 Å². The Bertz CT molecular complexity index is 390. The molecule has 0 aliphatic heterocycles. The summed E-state index contributed by atoms with van der Waals surface area (Å²) in [7, 11) is 1.43. The van der Waals surface area contributed by atoms with Crippen LogP contribution in [0.1, 0.15) is 24.9 Å². The molecule has 1 aromatic carbocycles. The largest absolute Gasteiger partial charge is 0.469 e. The number of carbonyl (C=O) groups is 1. The average Bonchev–Trinajstić information content (AvgIpc) is 3.02. The van der Waals surface area contributed by atoms with Gasteiger partial charge in [0.15, 0.2) is 0 Å². The standard InChI is InChI=1S/C13H17NO2/c1-13(12(15)16-2)8-10(13)11(14)9-6-4-3-5-7-9/h3-7,10-11H,8,14H2,1-2H3/t10-,11+,13+/m0/s1. The van der Waals surface area contributed by atoms with Gasteiger partial charge in [-0.1, -0.05) is 30.3 Å². The molecule has 3 atom stereocenters. The van der Waals surface area contributed by atoms with Crippen LogP contribution in [0.15, 0.2) is 30.3 Å². The Labute approximate surface area is 95.6 Å². The molecule has 0 amide bonds. The van der Waals surface area contributed by atoms with Crippen LogP contribution >= 0.6 is 0 Å². The van der Waals surface area contributed by atoms with E-state index in [1.54, 1.807) is 0 Å². The first-order valence-corrected chi connectivity index (χ1v) is 5.48. The first-order chi connectivity index (χ1) is 7.59. The lowest BCUT2D eigenvalue weighted by Gasteiger charge is -2.15. The highest BCUT2D eigenvalue weighted by atomic mass is 16.5. The van der Waals surface area contributed by atoms with Gasteiger partial charge in [0.2, 0.25) is 0 Å². The van der Waals surface area contributed by atoms with E-state index in [0.29, 0.717) is 0 Å². The number of methoxy groups -OCH3 is 1.